The molecule has 3 N–H and O–H groups in total. The molecule has 24 heavy (non-hydrogen) atoms. The summed E-state index contributed by atoms with van der Waals surface area (Å²) in [7, 11) is 0. The van der Waals surface area contributed by atoms with Crippen molar-refractivity contribution < 1.29 is 9.90 Å². The summed E-state index contributed by atoms with van der Waals surface area (Å²) in [6.07, 6.45) is 0. The lowest BCUT2D eigenvalue weighted by Crippen LogP contribution is -2.48. The molecule has 1 unspecified atom stereocenters. The Kier molecular flexibility index (Phi) is 4.89. The number of carboxylic acid groups (broad SMARTS) is 1. The van der Waals surface area contributed by atoms with Gasteiger partial charge in [-0.2, -0.15) is 0 Å². The average Bonchev–Trinajstić information content (AvgIpc) is 2.54. The van der Waals surface area contributed by atoms with Crippen molar-refractivity contribution in [3.8, 4) is 0 Å². The van der Waals surface area contributed by atoms with E-state index in [9.17, 15) is 4.79 Å². The minimum Gasteiger partial charge on any atom is -0.480 e. The van der Waals surface area contributed by atoms with E-state index < -0.39 is 5.97 Å². The number of carbonyl (C=O) groups is 1. The zero-order valence-corrected chi connectivity index (χ0v) is 14.3. The number of fused-ring (bicyclic) bond motifs is 1. The summed E-state index contributed by atoms with van der Waals surface area (Å²) in [5.74, 6) is 0.0518. The molecule has 1 aromatic carbocycles. The van der Waals surface area contributed by atoms with E-state index in [4.69, 9.17) is 27.4 Å². The van der Waals surface area contributed by atoms with Crippen LogP contribution in [0.25, 0.3) is 10.9 Å². The van der Waals surface area contributed by atoms with Gasteiger partial charge in [0, 0.05) is 43.2 Å². The summed E-state index contributed by atoms with van der Waals surface area (Å²) < 4.78 is 0. The van der Waals surface area contributed by atoms with Crippen LogP contribution in [0.4, 0.5) is 5.82 Å². The van der Waals surface area contributed by atoms with Crippen LogP contribution >= 0.6 is 11.6 Å². The second kappa shape index (κ2) is 6.93. The van der Waals surface area contributed by atoms with Crippen LogP contribution < -0.4 is 10.6 Å². The van der Waals surface area contributed by atoms with Crippen molar-refractivity contribution in [2.24, 2.45) is 5.73 Å². The SMILES string of the molecule is CC(N)c1cc2cccc(Cl)c2nc1N1CCN(CC(=O)O)CC1. The average molecular weight is 349 g/mol. The number of aromatic nitrogens is 1. The molecule has 3 rings (SSSR count). The maximum Gasteiger partial charge on any atom is 0.317 e. The van der Waals surface area contributed by atoms with Crippen LogP contribution in [-0.4, -0.2) is 53.7 Å². The number of nitrogens with two attached hydrogens (primary N) is 1. The highest BCUT2D eigenvalue weighted by Crippen LogP contribution is 2.31. The van der Waals surface area contributed by atoms with Crippen LogP contribution in [0.1, 0.15) is 18.5 Å². The Morgan fingerprint density at radius 3 is 2.71 bits per heavy atom. The van der Waals surface area contributed by atoms with Crippen LogP contribution in [-0.2, 0) is 4.79 Å². The van der Waals surface area contributed by atoms with E-state index in [-0.39, 0.29) is 12.6 Å². The fourth-order valence-corrected chi connectivity index (χ4v) is 3.29. The zero-order chi connectivity index (χ0) is 17.3. The van der Waals surface area contributed by atoms with Gasteiger partial charge in [-0.25, -0.2) is 4.98 Å². The minimum absolute atomic E-state index is 0.0744. The second-order valence-corrected chi connectivity index (χ2v) is 6.57. The number of rotatable bonds is 4. The molecular weight excluding hydrogens is 328 g/mol. The quantitative estimate of drug-likeness (QED) is 0.880. The second-order valence-electron chi connectivity index (χ2n) is 6.16. The lowest BCUT2D eigenvalue weighted by Gasteiger charge is -2.36. The van der Waals surface area contributed by atoms with Crippen molar-refractivity contribution in [3.63, 3.8) is 0 Å². The van der Waals surface area contributed by atoms with Gasteiger partial charge in [-0.05, 0) is 19.1 Å². The van der Waals surface area contributed by atoms with E-state index in [0.29, 0.717) is 18.1 Å². The van der Waals surface area contributed by atoms with Gasteiger partial charge in [-0.3, -0.25) is 9.69 Å². The van der Waals surface area contributed by atoms with Gasteiger partial charge in [0.25, 0.3) is 0 Å². The Balaban J connectivity index is 1.92. The number of pyridine rings is 1. The fourth-order valence-electron chi connectivity index (χ4n) is 3.07. The number of carboxylic acids is 1. The van der Waals surface area contributed by atoms with E-state index in [1.807, 2.05) is 30.0 Å². The smallest absolute Gasteiger partial charge is 0.317 e. The third-order valence-electron chi connectivity index (χ3n) is 4.33. The number of halogens is 1. The summed E-state index contributed by atoms with van der Waals surface area (Å²) >= 11 is 6.29. The Morgan fingerprint density at radius 1 is 1.38 bits per heavy atom. The first-order valence-electron chi connectivity index (χ1n) is 7.99. The molecule has 1 aliphatic heterocycles. The molecule has 2 heterocycles. The lowest BCUT2D eigenvalue weighted by atomic mass is 10.1. The Labute approximate surface area is 145 Å². The normalized spacial score (nSPS) is 17.2. The molecule has 0 amide bonds. The highest BCUT2D eigenvalue weighted by Gasteiger charge is 2.23. The van der Waals surface area contributed by atoms with Crippen LogP contribution in [0, 0.1) is 0 Å². The first kappa shape index (κ1) is 17.0. The number of benzene rings is 1. The molecule has 0 aliphatic carbocycles. The number of hydrogen-bond donors (Lipinski definition) is 2. The molecule has 1 fully saturated rings. The van der Waals surface area contributed by atoms with Gasteiger partial charge in [0.05, 0.1) is 17.1 Å². The molecule has 1 aromatic heterocycles. The molecule has 0 spiro atoms. The van der Waals surface area contributed by atoms with Gasteiger partial charge in [0.15, 0.2) is 0 Å². The third kappa shape index (κ3) is 3.45. The van der Waals surface area contributed by atoms with Gasteiger partial charge in [-0.15, -0.1) is 0 Å². The van der Waals surface area contributed by atoms with E-state index >= 15 is 0 Å². The first-order valence-corrected chi connectivity index (χ1v) is 8.37. The lowest BCUT2D eigenvalue weighted by molar-refractivity contribution is -0.138. The van der Waals surface area contributed by atoms with Crippen molar-refractivity contribution in [2.45, 2.75) is 13.0 Å². The molecule has 128 valence electrons. The molecule has 1 saturated heterocycles. The summed E-state index contributed by atoms with van der Waals surface area (Å²) in [6, 6.07) is 7.62. The first-order chi connectivity index (χ1) is 11.5. The fraction of sp³-hybridized carbons (Fsp3) is 0.412. The third-order valence-corrected chi connectivity index (χ3v) is 4.63. The molecule has 0 bridgehead atoms. The summed E-state index contributed by atoms with van der Waals surface area (Å²) in [6.45, 7) is 4.83. The van der Waals surface area contributed by atoms with Crippen molar-refractivity contribution in [3.05, 3.63) is 34.9 Å². The summed E-state index contributed by atoms with van der Waals surface area (Å²) in [5.41, 5.74) is 7.91. The van der Waals surface area contributed by atoms with Crippen LogP contribution in [0.2, 0.25) is 5.02 Å². The van der Waals surface area contributed by atoms with E-state index in [0.717, 1.165) is 35.4 Å². The molecule has 0 saturated carbocycles. The molecule has 1 aliphatic rings. The number of anilines is 1. The topological polar surface area (TPSA) is 82.7 Å². The van der Waals surface area contributed by atoms with Gasteiger partial charge in [0.1, 0.15) is 5.82 Å². The molecule has 6 nitrogen and oxygen atoms in total. The van der Waals surface area contributed by atoms with Crippen LogP contribution in [0.15, 0.2) is 24.3 Å². The van der Waals surface area contributed by atoms with Crippen molar-refractivity contribution >= 4 is 34.3 Å². The van der Waals surface area contributed by atoms with Crippen molar-refractivity contribution in [1.82, 2.24) is 9.88 Å². The predicted molar refractivity (Wildman–Crippen MR) is 95.6 cm³/mol. The number of para-hydroxylation sites is 1. The van der Waals surface area contributed by atoms with Gasteiger partial charge in [0.2, 0.25) is 0 Å². The predicted octanol–water partition coefficient (Wildman–Crippen LogP) is 2.11. The molecule has 2 aromatic rings. The monoisotopic (exact) mass is 348 g/mol. The number of hydrogen-bond acceptors (Lipinski definition) is 5. The number of piperazine rings is 1. The number of aliphatic carboxylic acids is 1. The van der Waals surface area contributed by atoms with Gasteiger partial charge >= 0.3 is 5.97 Å². The maximum atomic E-state index is 10.8. The van der Waals surface area contributed by atoms with E-state index in [1.165, 1.54) is 0 Å². The number of nitrogens with zero attached hydrogens (tertiary/aromatic N) is 3. The van der Waals surface area contributed by atoms with Crippen LogP contribution in [0.3, 0.4) is 0 Å². The largest absolute Gasteiger partial charge is 0.480 e. The van der Waals surface area contributed by atoms with Gasteiger partial charge < -0.3 is 15.7 Å². The summed E-state index contributed by atoms with van der Waals surface area (Å²) in [5, 5.41) is 10.5. The highest BCUT2D eigenvalue weighted by atomic mass is 35.5. The van der Waals surface area contributed by atoms with Crippen molar-refractivity contribution in [1.29, 1.82) is 0 Å². The van der Waals surface area contributed by atoms with Crippen molar-refractivity contribution in [2.75, 3.05) is 37.6 Å². The minimum atomic E-state index is -0.796. The Hall–Kier alpha value is -1.89. The molecular formula is C17H21ClN4O2. The van der Waals surface area contributed by atoms with Gasteiger partial charge in [-0.1, -0.05) is 23.7 Å². The standard InChI is InChI=1S/C17H21ClN4O2/c1-11(19)13-9-12-3-2-4-14(18)16(12)20-17(13)22-7-5-21(6-8-22)10-15(23)24/h2-4,9,11H,5-8,10,19H2,1H3,(H,23,24). The molecule has 7 heteroatoms. The Morgan fingerprint density at radius 2 is 2.08 bits per heavy atom. The highest BCUT2D eigenvalue weighted by molar-refractivity contribution is 6.35. The molecule has 0 radical (unpaired) electrons. The van der Waals surface area contributed by atoms with E-state index in [2.05, 4.69) is 11.0 Å². The zero-order valence-electron chi connectivity index (χ0n) is 13.6. The summed E-state index contributed by atoms with van der Waals surface area (Å²) in [4.78, 5) is 19.7. The molecule has 1 atom stereocenters. The van der Waals surface area contributed by atoms with E-state index in [1.54, 1.807) is 0 Å². The maximum absolute atomic E-state index is 10.8. The Bertz CT molecular complexity index is 758. The van der Waals surface area contributed by atoms with Crippen LogP contribution in [0.5, 0.6) is 0 Å².